The molecule has 0 radical (unpaired) electrons. The Morgan fingerprint density at radius 2 is 2.27 bits per heavy atom. The number of fused-ring (bicyclic) bond motifs is 1. The molecule has 2 N–H and O–H groups in total. The van der Waals surface area contributed by atoms with Gasteiger partial charge < -0.3 is 15.4 Å². The Balaban J connectivity index is 1.96. The minimum absolute atomic E-state index is 0.373. The molecule has 3 heteroatoms. The van der Waals surface area contributed by atoms with Gasteiger partial charge in [0.15, 0.2) is 0 Å². The van der Waals surface area contributed by atoms with Crippen molar-refractivity contribution in [2.24, 2.45) is 5.73 Å². The van der Waals surface area contributed by atoms with E-state index in [1.165, 1.54) is 11.3 Å². The van der Waals surface area contributed by atoms with Crippen molar-refractivity contribution >= 4 is 5.69 Å². The van der Waals surface area contributed by atoms with Gasteiger partial charge in [-0.3, -0.25) is 0 Å². The van der Waals surface area contributed by atoms with Gasteiger partial charge in [-0.25, -0.2) is 0 Å². The van der Waals surface area contributed by atoms with E-state index in [2.05, 4.69) is 30.1 Å². The molecule has 1 fully saturated rings. The number of hydrogen-bond donors (Lipinski definition) is 1. The predicted molar refractivity (Wildman–Crippen MR) is 60.5 cm³/mol. The fraction of sp³-hybridized carbons (Fsp3) is 0.500. The van der Waals surface area contributed by atoms with Crippen molar-refractivity contribution in [1.82, 2.24) is 0 Å². The van der Waals surface area contributed by atoms with Gasteiger partial charge in [0.25, 0.3) is 0 Å². The van der Waals surface area contributed by atoms with Crippen LogP contribution in [0.3, 0.4) is 0 Å². The van der Waals surface area contributed by atoms with Crippen molar-refractivity contribution in [2.75, 3.05) is 25.1 Å². The molecule has 2 unspecified atom stereocenters. The van der Waals surface area contributed by atoms with Crippen molar-refractivity contribution in [3.63, 3.8) is 0 Å². The van der Waals surface area contributed by atoms with Crippen LogP contribution in [0, 0.1) is 0 Å². The Labute approximate surface area is 89.8 Å². The molecule has 2 aliphatic rings. The van der Waals surface area contributed by atoms with E-state index >= 15 is 0 Å². The molecule has 3 nitrogen and oxygen atoms in total. The van der Waals surface area contributed by atoms with Crippen LogP contribution in [-0.4, -0.2) is 26.2 Å². The third kappa shape index (κ3) is 1.47. The average molecular weight is 204 g/mol. The molecule has 1 heterocycles. The van der Waals surface area contributed by atoms with Gasteiger partial charge in [-0.2, -0.15) is 0 Å². The first-order valence-corrected chi connectivity index (χ1v) is 5.49. The van der Waals surface area contributed by atoms with Crippen LogP contribution in [0.15, 0.2) is 18.2 Å². The standard InChI is InChI=1S/C12H16N2O/c1-14-4-5-15-12-3-2-8(6-11(12)14)9-7-10(9)13/h2-3,6,9-10H,4-5,7,13H2,1H3. The zero-order valence-electron chi connectivity index (χ0n) is 8.94. The fourth-order valence-corrected chi connectivity index (χ4v) is 2.20. The van der Waals surface area contributed by atoms with Crippen LogP contribution >= 0.6 is 0 Å². The average Bonchev–Trinajstić information content (AvgIpc) is 2.96. The summed E-state index contributed by atoms with van der Waals surface area (Å²) < 4.78 is 5.60. The molecule has 1 saturated carbocycles. The summed E-state index contributed by atoms with van der Waals surface area (Å²) in [4.78, 5) is 2.25. The maximum atomic E-state index is 5.86. The van der Waals surface area contributed by atoms with E-state index in [0.29, 0.717) is 12.0 Å². The third-order valence-electron chi connectivity index (χ3n) is 3.35. The van der Waals surface area contributed by atoms with E-state index in [0.717, 1.165) is 25.3 Å². The number of anilines is 1. The fourth-order valence-electron chi connectivity index (χ4n) is 2.20. The second-order valence-electron chi connectivity index (χ2n) is 4.50. The van der Waals surface area contributed by atoms with Gasteiger partial charge in [0.1, 0.15) is 12.4 Å². The molecular weight excluding hydrogens is 188 g/mol. The molecule has 3 rings (SSSR count). The summed E-state index contributed by atoms with van der Waals surface area (Å²) in [5.74, 6) is 1.58. The number of ether oxygens (including phenoxy) is 1. The van der Waals surface area contributed by atoms with Crippen LogP contribution in [0.25, 0.3) is 0 Å². The minimum atomic E-state index is 0.373. The second kappa shape index (κ2) is 3.14. The van der Waals surface area contributed by atoms with Crippen LogP contribution in [-0.2, 0) is 0 Å². The molecule has 2 atom stereocenters. The number of nitrogens with two attached hydrogens (primary N) is 1. The van der Waals surface area contributed by atoms with E-state index in [9.17, 15) is 0 Å². The molecule has 0 aromatic heterocycles. The number of nitrogens with zero attached hydrogens (tertiary/aromatic N) is 1. The molecule has 80 valence electrons. The summed E-state index contributed by atoms with van der Waals surface area (Å²) in [6.07, 6.45) is 1.13. The number of benzene rings is 1. The van der Waals surface area contributed by atoms with Crippen molar-refractivity contribution in [1.29, 1.82) is 0 Å². The van der Waals surface area contributed by atoms with Crippen LogP contribution in [0.1, 0.15) is 17.9 Å². The minimum Gasteiger partial charge on any atom is -0.490 e. The molecule has 1 aromatic carbocycles. The Hall–Kier alpha value is -1.22. The van der Waals surface area contributed by atoms with Gasteiger partial charge in [-0.1, -0.05) is 6.07 Å². The number of likely N-dealkylation sites (N-methyl/N-ethyl adjacent to an activating group) is 1. The van der Waals surface area contributed by atoms with Crippen molar-refractivity contribution in [2.45, 2.75) is 18.4 Å². The SMILES string of the molecule is CN1CCOc2ccc(C3CC3N)cc21. The Kier molecular flexibility index (Phi) is 1.89. The van der Waals surface area contributed by atoms with E-state index in [1.807, 2.05) is 0 Å². The maximum Gasteiger partial charge on any atom is 0.142 e. The summed E-state index contributed by atoms with van der Waals surface area (Å²) >= 11 is 0. The molecule has 1 aliphatic carbocycles. The zero-order chi connectivity index (χ0) is 10.4. The number of rotatable bonds is 1. The van der Waals surface area contributed by atoms with Crippen LogP contribution in [0.4, 0.5) is 5.69 Å². The summed E-state index contributed by atoms with van der Waals surface area (Å²) in [7, 11) is 2.11. The molecule has 15 heavy (non-hydrogen) atoms. The number of hydrogen-bond acceptors (Lipinski definition) is 3. The van der Waals surface area contributed by atoms with Gasteiger partial charge in [-0.05, 0) is 24.1 Å². The van der Waals surface area contributed by atoms with Crippen LogP contribution in [0.5, 0.6) is 5.75 Å². The van der Waals surface area contributed by atoms with Gasteiger partial charge >= 0.3 is 0 Å². The molecule has 0 saturated heterocycles. The monoisotopic (exact) mass is 204 g/mol. The highest BCUT2D eigenvalue weighted by Gasteiger charge is 2.35. The lowest BCUT2D eigenvalue weighted by atomic mass is 10.1. The Morgan fingerprint density at radius 1 is 1.47 bits per heavy atom. The molecular formula is C12H16N2O. The topological polar surface area (TPSA) is 38.5 Å². The summed E-state index contributed by atoms with van der Waals surface area (Å²) in [6, 6.07) is 6.82. The largest absolute Gasteiger partial charge is 0.490 e. The van der Waals surface area contributed by atoms with E-state index < -0.39 is 0 Å². The molecule has 0 spiro atoms. The van der Waals surface area contributed by atoms with Crippen LogP contribution < -0.4 is 15.4 Å². The molecule has 0 amide bonds. The van der Waals surface area contributed by atoms with Crippen LogP contribution in [0.2, 0.25) is 0 Å². The van der Waals surface area contributed by atoms with Gasteiger partial charge in [0.05, 0.1) is 12.2 Å². The lowest BCUT2D eigenvalue weighted by Crippen LogP contribution is -2.28. The van der Waals surface area contributed by atoms with Crippen molar-refractivity contribution < 1.29 is 4.74 Å². The molecule has 1 aliphatic heterocycles. The molecule has 1 aromatic rings. The van der Waals surface area contributed by atoms with Gasteiger partial charge in [0.2, 0.25) is 0 Å². The normalized spacial score (nSPS) is 28.3. The highest BCUT2D eigenvalue weighted by atomic mass is 16.5. The van der Waals surface area contributed by atoms with E-state index in [4.69, 9.17) is 10.5 Å². The lowest BCUT2D eigenvalue weighted by molar-refractivity contribution is 0.311. The van der Waals surface area contributed by atoms with Crippen molar-refractivity contribution in [3.8, 4) is 5.75 Å². The molecule has 0 bridgehead atoms. The first kappa shape index (κ1) is 9.04. The highest BCUT2D eigenvalue weighted by Crippen LogP contribution is 2.42. The van der Waals surface area contributed by atoms with E-state index in [-0.39, 0.29) is 0 Å². The van der Waals surface area contributed by atoms with Gasteiger partial charge in [0, 0.05) is 19.0 Å². The smallest absolute Gasteiger partial charge is 0.142 e. The third-order valence-corrected chi connectivity index (χ3v) is 3.35. The summed E-state index contributed by atoms with van der Waals surface area (Å²) in [5, 5.41) is 0. The summed E-state index contributed by atoms with van der Waals surface area (Å²) in [5.41, 5.74) is 8.43. The first-order chi connectivity index (χ1) is 7.25. The second-order valence-corrected chi connectivity index (χ2v) is 4.50. The lowest BCUT2D eigenvalue weighted by Gasteiger charge is -2.28. The Bertz CT molecular complexity index is 391. The van der Waals surface area contributed by atoms with Crippen molar-refractivity contribution in [3.05, 3.63) is 23.8 Å². The predicted octanol–water partition coefficient (Wildman–Crippen LogP) is 1.33. The zero-order valence-corrected chi connectivity index (χ0v) is 8.94. The van der Waals surface area contributed by atoms with E-state index in [1.54, 1.807) is 0 Å². The summed E-state index contributed by atoms with van der Waals surface area (Å²) in [6.45, 7) is 1.75. The van der Waals surface area contributed by atoms with Gasteiger partial charge in [-0.15, -0.1) is 0 Å². The maximum absolute atomic E-state index is 5.86. The highest BCUT2D eigenvalue weighted by molar-refractivity contribution is 5.61. The first-order valence-electron chi connectivity index (χ1n) is 5.49. The Morgan fingerprint density at radius 3 is 3.00 bits per heavy atom. The quantitative estimate of drug-likeness (QED) is 0.750.